The van der Waals surface area contributed by atoms with Crippen LogP contribution < -0.4 is 11.1 Å². The van der Waals surface area contributed by atoms with Crippen molar-refractivity contribution in [3.63, 3.8) is 0 Å². The molecule has 1 aliphatic rings. The van der Waals surface area contributed by atoms with Crippen LogP contribution in [0.3, 0.4) is 0 Å². The van der Waals surface area contributed by atoms with E-state index in [2.05, 4.69) is 29.1 Å². The summed E-state index contributed by atoms with van der Waals surface area (Å²) in [6, 6.07) is 0.500. The molecule has 1 fully saturated rings. The van der Waals surface area contributed by atoms with Gasteiger partial charge in [0, 0.05) is 6.04 Å². The summed E-state index contributed by atoms with van der Waals surface area (Å²) in [6.45, 7) is 4.63. The van der Waals surface area contributed by atoms with Gasteiger partial charge in [-0.2, -0.15) is 0 Å². The lowest BCUT2D eigenvalue weighted by molar-refractivity contribution is 0.253. The maximum atomic E-state index is 5.61. The molecule has 16 heavy (non-hydrogen) atoms. The molecule has 0 bridgehead atoms. The number of rotatable bonds is 2. The van der Waals surface area contributed by atoms with Gasteiger partial charge in [0.2, 0.25) is 0 Å². The molecule has 0 aliphatic heterocycles. The van der Waals surface area contributed by atoms with Crippen LogP contribution in [-0.2, 0) is 0 Å². The minimum Gasteiger partial charge on any atom is -0.382 e. The molecule has 1 aliphatic carbocycles. The SMILES string of the molecule is CC1CCCC(Nc2cncc(N)n2)C1C. The first-order chi connectivity index (χ1) is 7.66. The van der Waals surface area contributed by atoms with Crippen LogP contribution in [0.2, 0.25) is 0 Å². The van der Waals surface area contributed by atoms with Crippen LogP contribution in [0.5, 0.6) is 0 Å². The van der Waals surface area contributed by atoms with Crippen LogP contribution in [0, 0.1) is 11.8 Å². The van der Waals surface area contributed by atoms with Crippen LogP contribution in [0.15, 0.2) is 12.4 Å². The molecule has 0 aromatic carbocycles. The highest BCUT2D eigenvalue weighted by atomic mass is 15.1. The summed E-state index contributed by atoms with van der Waals surface area (Å²) in [5.74, 6) is 2.73. The van der Waals surface area contributed by atoms with Crippen molar-refractivity contribution >= 4 is 11.6 Å². The third kappa shape index (κ3) is 2.43. The minimum atomic E-state index is 0.474. The molecule has 1 saturated carbocycles. The maximum Gasteiger partial charge on any atom is 0.147 e. The molecule has 4 nitrogen and oxygen atoms in total. The number of nitrogens with zero attached hydrogens (tertiary/aromatic N) is 2. The topological polar surface area (TPSA) is 63.8 Å². The Balaban J connectivity index is 2.03. The van der Waals surface area contributed by atoms with Gasteiger partial charge in [-0.15, -0.1) is 0 Å². The summed E-state index contributed by atoms with van der Waals surface area (Å²) in [4.78, 5) is 8.27. The Morgan fingerprint density at radius 1 is 1.31 bits per heavy atom. The van der Waals surface area contributed by atoms with Gasteiger partial charge in [-0.25, -0.2) is 4.98 Å². The van der Waals surface area contributed by atoms with Gasteiger partial charge in [0.05, 0.1) is 12.4 Å². The van der Waals surface area contributed by atoms with Crippen LogP contribution >= 0.6 is 0 Å². The number of anilines is 2. The Kier molecular flexibility index (Phi) is 3.27. The number of hydrogen-bond donors (Lipinski definition) is 2. The first-order valence-electron chi connectivity index (χ1n) is 6.01. The first kappa shape index (κ1) is 11.2. The van der Waals surface area contributed by atoms with Gasteiger partial charge in [-0.1, -0.05) is 26.7 Å². The smallest absolute Gasteiger partial charge is 0.147 e. The van der Waals surface area contributed by atoms with Crippen LogP contribution in [0.25, 0.3) is 0 Å². The maximum absolute atomic E-state index is 5.61. The van der Waals surface area contributed by atoms with Crippen molar-refractivity contribution in [3.8, 4) is 0 Å². The van der Waals surface area contributed by atoms with Gasteiger partial charge >= 0.3 is 0 Å². The predicted octanol–water partition coefficient (Wildman–Crippen LogP) is 2.30. The molecule has 1 aromatic rings. The van der Waals surface area contributed by atoms with E-state index in [1.54, 1.807) is 12.4 Å². The molecule has 2 rings (SSSR count). The second-order valence-electron chi connectivity index (χ2n) is 4.85. The zero-order valence-corrected chi connectivity index (χ0v) is 9.98. The summed E-state index contributed by atoms with van der Waals surface area (Å²) in [7, 11) is 0. The first-order valence-corrected chi connectivity index (χ1v) is 6.01. The fraction of sp³-hybridized carbons (Fsp3) is 0.667. The van der Waals surface area contributed by atoms with Gasteiger partial charge in [0.15, 0.2) is 0 Å². The Morgan fingerprint density at radius 3 is 2.88 bits per heavy atom. The largest absolute Gasteiger partial charge is 0.382 e. The molecule has 1 heterocycles. The van der Waals surface area contributed by atoms with Gasteiger partial charge in [0.1, 0.15) is 11.6 Å². The second kappa shape index (κ2) is 4.68. The highest BCUT2D eigenvalue weighted by Gasteiger charge is 2.27. The van der Waals surface area contributed by atoms with E-state index >= 15 is 0 Å². The van der Waals surface area contributed by atoms with E-state index < -0.39 is 0 Å². The molecular weight excluding hydrogens is 200 g/mol. The molecule has 0 amide bonds. The van der Waals surface area contributed by atoms with E-state index in [1.807, 2.05) is 0 Å². The summed E-state index contributed by atoms with van der Waals surface area (Å²) >= 11 is 0. The fourth-order valence-electron chi connectivity index (χ4n) is 2.43. The van der Waals surface area contributed by atoms with E-state index in [4.69, 9.17) is 5.73 Å². The number of nitrogen functional groups attached to an aromatic ring is 1. The van der Waals surface area contributed by atoms with Crippen molar-refractivity contribution in [2.24, 2.45) is 11.8 Å². The van der Waals surface area contributed by atoms with Crippen LogP contribution in [0.4, 0.5) is 11.6 Å². The third-order valence-corrected chi connectivity index (χ3v) is 3.69. The van der Waals surface area contributed by atoms with E-state index in [1.165, 1.54) is 19.3 Å². The molecular formula is C12H20N4. The van der Waals surface area contributed by atoms with E-state index in [0.717, 1.165) is 11.7 Å². The molecule has 3 atom stereocenters. The van der Waals surface area contributed by atoms with E-state index in [0.29, 0.717) is 17.8 Å². The molecule has 3 N–H and O–H groups in total. The van der Waals surface area contributed by atoms with Crippen LogP contribution in [-0.4, -0.2) is 16.0 Å². The zero-order valence-electron chi connectivity index (χ0n) is 9.98. The quantitative estimate of drug-likeness (QED) is 0.802. The fourth-order valence-corrected chi connectivity index (χ4v) is 2.43. The van der Waals surface area contributed by atoms with E-state index in [-0.39, 0.29) is 0 Å². The van der Waals surface area contributed by atoms with E-state index in [9.17, 15) is 0 Å². The third-order valence-electron chi connectivity index (χ3n) is 3.69. The molecule has 1 aromatic heterocycles. The molecule has 0 radical (unpaired) electrons. The average molecular weight is 220 g/mol. The van der Waals surface area contributed by atoms with Gasteiger partial charge in [-0.05, 0) is 18.3 Å². The normalized spacial score (nSPS) is 30.0. The molecule has 4 heteroatoms. The van der Waals surface area contributed by atoms with Crippen molar-refractivity contribution in [2.45, 2.75) is 39.2 Å². The lowest BCUT2D eigenvalue weighted by atomic mass is 9.78. The summed E-state index contributed by atoms with van der Waals surface area (Å²) in [6.07, 6.45) is 7.14. The van der Waals surface area contributed by atoms with Gasteiger partial charge in [-0.3, -0.25) is 4.98 Å². The number of nitrogens with one attached hydrogen (secondary N) is 1. The Labute approximate surface area is 96.7 Å². The minimum absolute atomic E-state index is 0.474. The van der Waals surface area contributed by atoms with Crippen molar-refractivity contribution < 1.29 is 0 Å². The van der Waals surface area contributed by atoms with Gasteiger partial charge in [0.25, 0.3) is 0 Å². The predicted molar refractivity (Wildman–Crippen MR) is 66.0 cm³/mol. The van der Waals surface area contributed by atoms with Crippen molar-refractivity contribution in [3.05, 3.63) is 12.4 Å². The number of hydrogen-bond acceptors (Lipinski definition) is 4. The summed E-state index contributed by atoms with van der Waals surface area (Å²) < 4.78 is 0. The number of nitrogens with two attached hydrogens (primary N) is 1. The Hall–Kier alpha value is -1.32. The van der Waals surface area contributed by atoms with Crippen molar-refractivity contribution in [1.82, 2.24) is 9.97 Å². The molecule has 0 spiro atoms. The number of aromatic nitrogens is 2. The van der Waals surface area contributed by atoms with Gasteiger partial charge < -0.3 is 11.1 Å². The zero-order chi connectivity index (χ0) is 11.5. The Bertz CT molecular complexity index is 353. The molecule has 88 valence electrons. The van der Waals surface area contributed by atoms with Crippen LogP contribution in [0.1, 0.15) is 33.1 Å². The summed E-state index contributed by atoms with van der Waals surface area (Å²) in [5.41, 5.74) is 5.61. The highest BCUT2D eigenvalue weighted by Crippen LogP contribution is 2.31. The monoisotopic (exact) mass is 220 g/mol. The second-order valence-corrected chi connectivity index (χ2v) is 4.85. The standard InChI is InChI=1S/C12H20N4/c1-8-4-3-5-10(9(8)2)15-12-7-14-6-11(13)16-12/h6-10H,3-5H2,1-2H3,(H3,13,15,16). The Morgan fingerprint density at radius 2 is 2.12 bits per heavy atom. The molecule has 3 unspecified atom stereocenters. The summed E-state index contributed by atoms with van der Waals surface area (Å²) in [5, 5.41) is 3.45. The van der Waals surface area contributed by atoms with Crippen molar-refractivity contribution in [1.29, 1.82) is 0 Å². The van der Waals surface area contributed by atoms with Crippen molar-refractivity contribution in [2.75, 3.05) is 11.1 Å². The lowest BCUT2D eigenvalue weighted by Gasteiger charge is -2.34. The lowest BCUT2D eigenvalue weighted by Crippen LogP contribution is -2.35. The average Bonchev–Trinajstić information content (AvgIpc) is 2.25. The molecule has 0 saturated heterocycles. The highest BCUT2D eigenvalue weighted by molar-refractivity contribution is 5.39.